The molecule has 0 aromatic heterocycles. The van der Waals surface area contributed by atoms with Gasteiger partial charge in [0.2, 0.25) is 0 Å². The SMILES string of the molecule is Cc1c(COc2ccc(CN3CCCC[C@H]3C(=O)O)cc2F)cccc1-c1cccc(COc2ccc(CN3CCCC[C@H]3C(=O)O)cc2F)c1C. The Hall–Kier alpha value is -4.80. The van der Waals surface area contributed by atoms with E-state index in [1.807, 2.05) is 60.0 Å². The van der Waals surface area contributed by atoms with Gasteiger partial charge in [-0.05, 0) is 121 Å². The first-order chi connectivity index (χ1) is 25.1. The highest BCUT2D eigenvalue weighted by Gasteiger charge is 2.29. The van der Waals surface area contributed by atoms with Crippen LogP contribution in [0.2, 0.25) is 0 Å². The number of carboxylic acid groups (broad SMARTS) is 2. The molecule has 2 atom stereocenters. The molecule has 0 unspecified atom stereocenters. The Kier molecular flexibility index (Phi) is 11.9. The van der Waals surface area contributed by atoms with Crippen LogP contribution >= 0.6 is 0 Å². The van der Waals surface area contributed by atoms with Crippen molar-refractivity contribution in [3.05, 3.63) is 118 Å². The fraction of sp³-hybridized carbons (Fsp3) is 0.381. The number of hydrogen-bond donors (Lipinski definition) is 2. The van der Waals surface area contributed by atoms with Gasteiger partial charge < -0.3 is 19.7 Å². The summed E-state index contributed by atoms with van der Waals surface area (Å²) in [6.07, 6.45) is 4.82. The molecule has 4 aromatic rings. The molecule has 2 N–H and O–H groups in total. The van der Waals surface area contributed by atoms with Crippen LogP contribution in [0.3, 0.4) is 0 Å². The van der Waals surface area contributed by atoms with Crippen LogP contribution in [0.4, 0.5) is 8.78 Å². The molecule has 274 valence electrons. The van der Waals surface area contributed by atoms with Crippen molar-refractivity contribution in [1.82, 2.24) is 9.80 Å². The van der Waals surface area contributed by atoms with Gasteiger partial charge in [-0.1, -0.05) is 61.4 Å². The maximum Gasteiger partial charge on any atom is 0.320 e. The second-order valence-electron chi connectivity index (χ2n) is 13.9. The van der Waals surface area contributed by atoms with E-state index in [1.54, 1.807) is 24.3 Å². The van der Waals surface area contributed by atoms with Crippen LogP contribution < -0.4 is 9.47 Å². The summed E-state index contributed by atoms with van der Waals surface area (Å²) in [5.41, 5.74) is 7.20. The molecule has 2 heterocycles. The summed E-state index contributed by atoms with van der Waals surface area (Å²) >= 11 is 0. The average molecular weight is 713 g/mol. The van der Waals surface area contributed by atoms with Crippen LogP contribution in [0.25, 0.3) is 11.1 Å². The predicted molar refractivity (Wildman–Crippen MR) is 194 cm³/mol. The number of benzene rings is 4. The molecule has 10 heteroatoms. The predicted octanol–water partition coefficient (Wildman–Crippen LogP) is 8.28. The minimum atomic E-state index is -0.840. The van der Waals surface area contributed by atoms with E-state index in [4.69, 9.17) is 9.47 Å². The second-order valence-corrected chi connectivity index (χ2v) is 13.9. The van der Waals surface area contributed by atoms with Crippen molar-refractivity contribution in [2.75, 3.05) is 13.1 Å². The monoisotopic (exact) mass is 712 g/mol. The number of rotatable bonds is 13. The van der Waals surface area contributed by atoms with Crippen molar-refractivity contribution in [2.45, 2.75) is 90.8 Å². The third-order valence-corrected chi connectivity index (χ3v) is 10.5. The van der Waals surface area contributed by atoms with Crippen molar-refractivity contribution in [1.29, 1.82) is 0 Å². The largest absolute Gasteiger partial charge is 0.486 e. The van der Waals surface area contributed by atoms with Crippen LogP contribution in [0.5, 0.6) is 11.5 Å². The summed E-state index contributed by atoms with van der Waals surface area (Å²) in [5, 5.41) is 19.2. The van der Waals surface area contributed by atoms with Gasteiger partial charge in [0.05, 0.1) is 0 Å². The number of ether oxygens (including phenoxy) is 2. The van der Waals surface area contributed by atoms with E-state index in [0.717, 1.165) is 59.1 Å². The van der Waals surface area contributed by atoms with Crippen LogP contribution in [-0.2, 0) is 35.9 Å². The number of aliphatic carboxylic acids is 2. The van der Waals surface area contributed by atoms with Crippen molar-refractivity contribution in [3.63, 3.8) is 0 Å². The molecule has 0 saturated carbocycles. The Morgan fingerprint density at radius 3 is 1.46 bits per heavy atom. The van der Waals surface area contributed by atoms with Crippen LogP contribution in [0.1, 0.15) is 71.9 Å². The van der Waals surface area contributed by atoms with Crippen molar-refractivity contribution in [2.24, 2.45) is 0 Å². The zero-order valence-electron chi connectivity index (χ0n) is 29.7. The van der Waals surface area contributed by atoms with Gasteiger partial charge in [-0.15, -0.1) is 0 Å². The first kappa shape index (κ1) is 37.0. The molecule has 0 bridgehead atoms. The highest BCUT2D eigenvalue weighted by Crippen LogP contribution is 2.32. The van der Waals surface area contributed by atoms with Gasteiger partial charge in [0.15, 0.2) is 23.1 Å². The molecule has 0 amide bonds. The lowest BCUT2D eigenvalue weighted by Crippen LogP contribution is -2.44. The molecule has 0 spiro atoms. The maximum absolute atomic E-state index is 15.2. The van der Waals surface area contributed by atoms with Gasteiger partial charge in [0.1, 0.15) is 25.3 Å². The van der Waals surface area contributed by atoms with E-state index >= 15 is 8.78 Å². The number of carbonyl (C=O) groups is 2. The second kappa shape index (κ2) is 16.7. The Balaban J connectivity index is 1.09. The highest BCUT2D eigenvalue weighted by atomic mass is 19.1. The van der Waals surface area contributed by atoms with E-state index in [9.17, 15) is 19.8 Å². The van der Waals surface area contributed by atoms with E-state index in [0.29, 0.717) is 50.1 Å². The molecule has 52 heavy (non-hydrogen) atoms. The van der Waals surface area contributed by atoms with E-state index in [2.05, 4.69) is 0 Å². The lowest BCUT2D eigenvalue weighted by atomic mass is 9.92. The molecular formula is C42H46F2N2O6. The average Bonchev–Trinajstić information content (AvgIpc) is 3.12. The Labute approximate surface area is 303 Å². The molecule has 2 aliphatic rings. The molecule has 2 aliphatic heterocycles. The van der Waals surface area contributed by atoms with Gasteiger partial charge in [-0.3, -0.25) is 19.4 Å². The lowest BCUT2D eigenvalue weighted by molar-refractivity contribution is -0.145. The quantitative estimate of drug-likeness (QED) is 0.143. The molecule has 8 nitrogen and oxygen atoms in total. The fourth-order valence-electron chi connectivity index (χ4n) is 7.48. The molecule has 2 fully saturated rings. The van der Waals surface area contributed by atoms with Gasteiger partial charge in [-0.2, -0.15) is 0 Å². The molecule has 0 radical (unpaired) electrons. The van der Waals surface area contributed by atoms with Crippen molar-refractivity contribution < 1.29 is 38.1 Å². The fourth-order valence-corrected chi connectivity index (χ4v) is 7.48. The summed E-state index contributed by atoms with van der Waals surface area (Å²) in [5.74, 6) is -2.39. The third kappa shape index (κ3) is 8.62. The number of piperidine rings is 2. The Morgan fingerprint density at radius 1 is 0.654 bits per heavy atom. The summed E-state index contributed by atoms with van der Waals surface area (Å²) in [4.78, 5) is 27.1. The molecule has 4 aromatic carbocycles. The van der Waals surface area contributed by atoms with E-state index in [-0.39, 0.29) is 24.7 Å². The summed E-state index contributed by atoms with van der Waals surface area (Å²) in [6.45, 7) is 6.42. The standard InChI is InChI=1S/C42H46F2N2O6/c1-27-31(25-51-39-17-15-29(21-35(39)43)23-45-19-5-3-13-37(45)41(47)48)9-7-11-33(27)34-12-8-10-32(28(34)2)26-52-40-18-16-30(22-36(40)44)24-46-20-6-4-14-38(46)42(49)50/h7-12,15-18,21-22,37-38H,3-6,13-14,19-20,23-26H2,1-2H3,(H,47,48)(H,49,50)/t37-,38-/m0/s1. The van der Waals surface area contributed by atoms with E-state index < -0.39 is 35.7 Å². The molecule has 0 aliphatic carbocycles. The minimum Gasteiger partial charge on any atom is -0.486 e. The number of hydrogen-bond acceptors (Lipinski definition) is 6. The Bertz CT molecular complexity index is 1780. The highest BCUT2D eigenvalue weighted by molar-refractivity contribution is 5.74. The van der Waals surface area contributed by atoms with Crippen LogP contribution in [-0.4, -0.2) is 57.1 Å². The lowest BCUT2D eigenvalue weighted by Gasteiger charge is -2.32. The number of nitrogens with zero attached hydrogens (tertiary/aromatic N) is 2. The topological polar surface area (TPSA) is 99.5 Å². The zero-order valence-corrected chi connectivity index (χ0v) is 29.7. The molecule has 6 rings (SSSR count). The van der Waals surface area contributed by atoms with Crippen LogP contribution in [0.15, 0.2) is 72.8 Å². The summed E-state index contributed by atoms with van der Waals surface area (Å²) in [6, 6.07) is 20.4. The molecule has 2 saturated heterocycles. The summed E-state index contributed by atoms with van der Waals surface area (Å²) in [7, 11) is 0. The van der Waals surface area contributed by atoms with Crippen molar-refractivity contribution >= 4 is 11.9 Å². The normalized spacial score (nSPS) is 18.2. The van der Waals surface area contributed by atoms with Gasteiger partial charge >= 0.3 is 11.9 Å². The maximum atomic E-state index is 15.2. The zero-order chi connectivity index (χ0) is 36.8. The van der Waals surface area contributed by atoms with Gasteiger partial charge in [-0.25, -0.2) is 8.78 Å². The van der Waals surface area contributed by atoms with Gasteiger partial charge in [0.25, 0.3) is 0 Å². The van der Waals surface area contributed by atoms with Gasteiger partial charge in [0, 0.05) is 13.1 Å². The third-order valence-electron chi connectivity index (χ3n) is 10.5. The van der Waals surface area contributed by atoms with E-state index in [1.165, 1.54) is 12.1 Å². The Morgan fingerprint density at radius 2 is 1.08 bits per heavy atom. The van der Waals surface area contributed by atoms with Crippen molar-refractivity contribution in [3.8, 4) is 22.6 Å². The summed E-state index contributed by atoms with van der Waals surface area (Å²) < 4.78 is 42.2. The first-order valence-corrected chi connectivity index (χ1v) is 18.0. The number of likely N-dealkylation sites (tertiary alicyclic amines) is 2. The number of carboxylic acids is 2. The minimum absolute atomic E-state index is 0.133. The smallest absolute Gasteiger partial charge is 0.320 e. The van der Waals surface area contributed by atoms with Crippen LogP contribution in [0, 0.1) is 25.5 Å². The number of halogens is 2. The first-order valence-electron chi connectivity index (χ1n) is 18.0. The molecular weight excluding hydrogens is 666 g/mol.